The van der Waals surface area contributed by atoms with Crippen molar-refractivity contribution in [2.75, 3.05) is 5.32 Å². The number of hydrogen-bond donors (Lipinski definition) is 2. The molecule has 3 rings (SSSR count). The predicted octanol–water partition coefficient (Wildman–Crippen LogP) is 4.62. The SMILES string of the molecule is [S-]c1ccc(NC(=NC2CCCCC2)NC2CCCCC2)cc1. The lowest BCUT2D eigenvalue weighted by atomic mass is 9.95. The van der Waals surface area contributed by atoms with Crippen LogP contribution >= 0.6 is 0 Å². The number of anilines is 1. The maximum Gasteiger partial charge on any atom is 0.196 e. The van der Waals surface area contributed by atoms with E-state index in [4.69, 9.17) is 17.6 Å². The molecule has 0 atom stereocenters. The fourth-order valence-corrected chi connectivity index (χ4v) is 3.75. The summed E-state index contributed by atoms with van der Waals surface area (Å²) in [7, 11) is 0. The molecule has 0 heterocycles. The average Bonchev–Trinajstić information content (AvgIpc) is 2.59. The summed E-state index contributed by atoms with van der Waals surface area (Å²) in [5, 5.41) is 7.17. The summed E-state index contributed by atoms with van der Waals surface area (Å²) in [6.07, 6.45) is 13.0. The monoisotopic (exact) mass is 330 g/mol. The van der Waals surface area contributed by atoms with Crippen LogP contribution in [0.4, 0.5) is 5.69 Å². The van der Waals surface area contributed by atoms with E-state index >= 15 is 0 Å². The van der Waals surface area contributed by atoms with Crippen LogP contribution < -0.4 is 10.6 Å². The van der Waals surface area contributed by atoms with Crippen LogP contribution in [-0.4, -0.2) is 18.0 Å². The van der Waals surface area contributed by atoms with E-state index in [2.05, 4.69) is 10.6 Å². The summed E-state index contributed by atoms with van der Waals surface area (Å²) < 4.78 is 0. The molecule has 0 aliphatic heterocycles. The molecule has 126 valence electrons. The number of aliphatic imine (C=N–C) groups is 1. The molecule has 0 unspecified atom stereocenters. The zero-order chi connectivity index (χ0) is 15.9. The maximum absolute atomic E-state index is 5.17. The van der Waals surface area contributed by atoms with E-state index < -0.39 is 0 Å². The van der Waals surface area contributed by atoms with Crippen molar-refractivity contribution in [3.05, 3.63) is 24.3 Å². The molecule has 2 N–H and O–H groups in total. The standard InChI is InChI=1S/C19H29N3S/c23-18-13-11-17(12-14-18)22-19(20-15-7-3-1-4-8-15)21-16-9-5-2-6-10-16/h11-16,23H,1-10H2,(H2,20,21,22)/p-1. The molecule has 1 aromatic carbocycles. The Bertz CT molecular complexity index is 500. The van der Waals surface area contributed by atoms with E-state index in [1.165, 1.54) is 64.2 Å². The van der Waals surface area contributed by atoms with Crippen molar-refractivity contribution < 1.29 is 0 Å². The van der Waals surface area contributed by atoms with Crippen molar-refractivity contribution in [1.29, 1.82) is 0 Å². The molecule has 0 saturated heterocycles. The van der Waals surface area contributed by atoms with Gasteiger partial charge in [0.15, 0.2) is 5.96 Å². The Morgan fingerprint density at radius 1 is 0.870 bits per heavy atom. The second-order valence-electron chi connectivity index (χ2n) is 6.90. The zero-order valence-corrected chi connectivity index (χ0v) is 14.7. The number of guanidine groups is 1. The van der Waals surface area contributed by atoms with E-state index in [0.717, 1.165) is 16.5 Å². The Balaban J connectivity index is 1.68. The van der Waals surface area contributed by atoms with Crippen LogP contribution in [0.5, 0.6) is 0 Å². The van der Waals surface area contributed by atoms with Gasteiger partial charge in [-0.2, -0.15) is 4.90 Å². The number of benzene rings is 1. The van der Waals surface area contributed by atoms with Gasteiger partial charge in [-0.15, -0.1) is 0 Å². The summed E-state index contributed by atoms with van der Waals surface area (Å²) in [5.74, 6) is 0.959. The van der Waals surface area contributed by atoms with E-state index in [9.17, 15) is 0 Å². The minimum absolute atomic E-state index is 0.473. The van der Waals surface area contributed by atoms with Gasteiger partial charge in [-0.1, -0.05) is 50.7 Å². The summed E-state index contributed by atoms with van der Waals surface area (Å²) in [5.41, 5.74) is 1.07. The van der Waals surface area contributed by atoms with Crippen molar-refractivity contribution >= 4 is 24.3 Å². The van der Waals surface area contributed by atoms with E-state index in [1.807, 2.05) is 24.3 Å². The van der Waals surface area contributed by atoms with Crippen LogP contribution in [0.3, 0.4) is 0 Å². The van der Waals surface area contributed by atoms with Gasteiger partial charge in [0, 0.05) is 11.7 Å². The molecule has 4 heteroatoms. The lowest BCUT2D eigenvalue weighted by Crippen LogP contribution is -2.41. The van der Waals surface area contributed by atoms with Crippen LogP contribution in [-0.2, 0) is 12.6 Å². The number of hydrogen-bond acceptors (Lipinski definition) is 2. The van der Waals surface area contributed by atoms with Crippen molar-refractivity contribution in [1.82, 2.24) is 5.32 Å². The minimum Gasteiger partial charge on any atom is -0.780 e. The molecule has 3 nitrogen and oxygen atoms in total. The summed E-state index contributed by atoms with van der Waals surface area (Å²) >= 11 is 5.17. The molecule has 0 radical (unpaired) electrons. The van der Waals surface area contributed by atoms with Gasteiger partial charge in [0.25, 0.3) is 0 Å². The lowest BCUT2D eigenvalue weighted by Gasteiger charge is -2.27. The Morgan fingerprint density at radius 2 is 1.48 bits per heavy atom. The third-order valence-electron chi connectivity index (χ3n) is 4.95. The quantitative estimate of drug-likeness (QED) is 0.482. The van der Waals surface area contributed by atoms with Gasteiger partial charge in [0.1, 0.15) is 0 Å². The Hall–Kier alpha value is -1.29. The van der Waals surface area contributed by atoms with Crippen LogP contribution in [0.1, 0.15) is 64.2 Å². The first-order chi connectivity index (χ1) is 11.3. The molecule has 2 fully saturated rings. The third kappa shape index (κ3) is 5.38. The highest BCUT2D eigenvalue weighted by molar-refractivity contribution is 7.58. The van der Waals surface area contributed by atoms with Gasteiger partial charge >= 0.3 is 0 Å². The lowest BCUT2D eigenvalue weighted by molar-refractivity contribution is 0.408. The van der Waals surface area contributed by atoms with Crippen LogP contribution in [0.15, 0.2) is 34.2 Å². The number of nitrogens with zero attached hydrogens (tertiary/aromatic N) is 1. The third-order valence-corrected chi connectivity index (χ3v) is 5.22. The zero-order valence-electron chi connectivity index (χ0n) is 13.9. The van der Waals surface area contributed by atoms with E-state index in [-0.39, 0.29) is 0 Å². The molecule has 0 spiro atoms. The minimum atomic E-state index is 0.473. The normalized spacial score (nSPS) is 21.1. The van der Waals surface area contributed by atoms with E-state index in [1.54, 1.807) is 0 Å². The first kappa shape index (κ1) is 16.6. The van der Waals surface area contributed by atoms with Crippen molar-refractivity contribution in [3.63, 3.8) is 0 Å². The second-order valence-corrected chi connectivity index (χ2v) is 7.37. The topological polar surface area (TPSA) is 36.4 Å². The van der Waals surface area contributed by atoms with Crippen LogP contribution in [0.2, 0.25) is 0 Å². The van der Waals surface area contributed by atoms with Gasteiger partial charge in [-0.25, -0.2) is 4.99 Å². The molecule has 23 heavy (non-hydrogen) atoms. The van der Waals surface area contributed by atoms with Crippen molar-refractivity contribution in [2.45, 2.75) is 81.2 Å². The van der Waals surface area contributed by atoms with Gasteiger partial charge in [-0.3, -0.25) is 0 Å². The van der Waals surface area contributed by atoms with Gasteiger partial charge in [0.05, 0.1) is 6.04 Å². The molecule has 2 aliphatic rings. The Morgan fingerprint density at radius 3 is 2.13 bits per heavy atom. The van der Waals surface area contributed by atoms with E-state index in [0.29, 0.717) is 12.1 Å². The first-order valence-electron chi connectivity index (χ1n) is 9.18. The highest BCUT2D eigenvalue weighted by atomic mass is 32.1. The first-order valence-corrected chi connectivity index (χ1v) is 9.59. The highest BCUT2D eigenvalue weighted by Gasteiger charge is 2.17. The van der Waals surface area contributed by atoms with Crippen LogP contribution in [0.25, 0.3) is 0 Å². The summed E-state index contributed by atoms with van der Waals surface area (Å²) in [6, 6.07) is 9.06. The Labute approximate surface area is 145 Å². The maximum atomic E-state index is 5.17. The van der Waals surface area contributed by atoms with Crippen molar-refractivity contribution in [2.24, 2.45) is 4.99 Å². The highest BCUT2D eigenvalue weighted by Crippen LogP contribution is 2.22. The molecule has 1 aromatic rings. The second kappa shape index (κ2) is 8.53. The van der Waals surface area contributed by atoms with Crippen molar-refractivity contribution in [3.8, 4) is 0 Å². The summed E-state index contributed by atoms with van der Waals surface area (Å²) in [6.45, 7) is 0. The fourth-order valence-electron chi connectivity index (χ4n) is 3.61. The molecule has 2 saturated carbocycles. The number of rotatable bonds is 3. The molecule has 0 amide bonds. The Kier molecular flexibility index (Phi) is 6.14. The fraction of sp³-hybridized carbons (Fsp3) is 0.632. The molecule has 2 aliphatic carbocycles. The molecule has 0 bridgehead atoms. The molecular formula is C19H28N3S-. The van der Waals surface area contributed by atoms with Gasteiger partial charge in [-0.05, 0) is 37.8 Å². The number of nitrogens with one attached hydrogen (secondary N) is 2. The largest absolute Gasteiger partial charge is 0.780 e. The van der Waals surface area contributed by atoms with Gasteiger partial charge < -0.3 is 23.3 Å². The van der Waals surface area contributed by atoms with Gasteiger partial charge in [0.2, 0.25) is 0 Å². The molecule has 0 aromatic heterocycles. The predicted molar refractivity (Wildman–Crippen MR) is 100 cm³/mol. The van der Waals surface area contributed by atoms with Crippen LogP contribution in [0, 0.1) is 0 Å². The average molecular weight is 331 g/mol. The summed E-state index contributed by atoms with van der Waals surface area (Å²) in [4.78, 5) is 5.89. The smallest absolute Gasteiger partial charge is 0.196 e. The molecular weight excluding hydrogens is 302 g/mol.